The van der Waals surface area contributed by atoms with Gasteiger partial charge >= 0.3 is 0 Å². The van der Waals surface area contributed by atoms with Crippen LogP contribution in [0.1, 0.15) is 41.5 Å². The lowest BCUT2D eigenvalue weighted by Crippen LogP contribution is -2.16. The van der Waals surface area contributed by atoms with Crippen LogP contribution in [0, 0.1) is 11.8 Å². The fourth-order valence-corrected chi connectivity index (χ4v) is 1.13. The molecule has 0 aromatic heterocycles. The minimum Gasteiger partial charge on any atom is -0.342 e. The van der Waals surface area contributed by atoms with Crippen molar-refractivity contribution in [2.24, 2.45) is 4.99 Å². The van der Waals surface area contributed by atoms with Crippen molar-refractivity contribution < 1.29 is 9.47 Å². The van der Waals surface area contributed by atoms with E-state index in [1.54, 1.807) is 0 Å². The molecule has 0 amide bonds. The van der Waals surface area contributed by atoms with Crippen LogP contribution in [0.3, 0.4) is 0 Å². The minimum absolute atomic E-state index is 0.0918. The Kier molecular flexibility index (Phi) is 7.03. The van der Waals surface area contributed by atoms with E-state index in [0.717, 1.165) is 5.71 Å². The second kappa shape index (κ2) is 7.43. The van der Waals surface area contributed by atoms with Crippen molar-refractivity contribution in [3.05, 3.63) is 0 Å². The van der Waals surface area contributed by atoms with Crippen LogP contribution in [0.25, 0.3) is 0 Å². The summed E-state index contributed by atoms with van der Waals surface area (Å²) in [7, 11) is 0. The molecule has 0 rings (SSSR count). The monoisotopic (exact) mass is 225 g/mol. The second-order valence-electron chi connectivity index (χ2n) is 4.38. The number of hydrogen-bond donors (Lipinski definition) is 0. The Morgan fingerprint density at radius 1 is 1.19 bits per heavy atom. The van der Waals surface area contributed by atoms with Crippen LogP contribution in [0.2, 0.25) is 0 Å². The van der Waals surface area contributed by atoms with Gasteiger partial charge in [-0.3, -0.25) is 4.99 Å². The predicted molar refractivity (Wildman–Crippen MR) is 67.7 cm³/mol. The number of ether oxygens (including phenoxy) is 2. The lowest BCUT2D eigenvalue weighted by molar-refractivity contribution is -0.0969. The van der Waals surface area contributed by atoms with Crippen LogP contribution in [0.15, 0.2) is 4.99 Å². The largest absolute Gasteiger partial charge is 0.342 e. The highest BCUT2D eigenvalue weighted by molar-refractivity contribution is 5.98. The third kappa shape index (κ3) is 8.46. The fraction of sp³-hybridized carbons (Fsp3) is 0.769. The van der Waals surface area contributed by atoms with E-state index in [-0.39, 0.29) is 5.54 Å². The van der Waals surface area contributed by atoms with Crippen molar-refractivity contribution in [2.75, 3.05) is 13.2 Å². The molecule has 0 fully saturated rings. The Hall–Kier alpha value is -0.850. The molecule has 16 heavy (non-hydrogen) atoms. The van der Waals surface area contributed by atoms with Gasteiger partial charge < -0.3 is 9.47 Å². The summed E-state index contributed by atoms with van der Waals surface area (Å²) in [6, 6.07) is 0. The maximum absolute atomic E-state index is 5.31. The molecule has 0 radical (unpaired) electrons. The molecule has 0 aliphatic rings. The number of hydrogen-bond acceptors (Lipinski definition) is 3. The second-order valence-corrected chi connectivity index (χ2v) is 4.38. The highest BCUT2D eigenvalue weighted by Gasteiger charge is 2.06. The summed E-state index contributed by atoms with van der Waals surface area (Å²) >= 11 is 0. The third-order valence-electron chi connectivity index (χ3n) is 1.51. The van der Waals surface area contributed by atoms with Crippen molar-refractivity contribution in [2.45, 2.75) is 53.4 Å². The van der Waals surface area contributed by atoms with Crippen LogP contribution < -0.4 is 0 Å². The molecule has 0 aliphatic heterocycles. The van der Waals surface area contributed by atoms with Gasteiger partial charge in [0.15, 0.2) is 0 Å². The van der Waals surface area contributed by atoms with Gasteiger partial charge in [-0.1, -0.05) is 0 Å². The average Bonchev–Trinajstić information content (AvgIpc) is 2.12. The van der Waals surface area contributed by atoms with E-state index in [1.807, 2.05) is 41.5 Å². The number of rotatable bonds is 4. The summed E-state index contributed by atoms with van der Waals surface area (Å²) in [4.78, 5) is 4.43. The molecule has 0 N–H and O–H groups in total. The Balaban J connectivity index is 4.49. The topological polar surface area (TPSA) is 30.8 Å². The highest BCUT2D eigenvalue weighted by Crippen LogP contribution is 2.06. The van der Waals surface area contributed by atoms with E-state index in [4.69, 9.17) is 9.47 Å². The zero-order valence-electron chi connectivity index (χ0n) is 11.3. The standard InChI is InChI=1S/C13H23NO2/c1-7-15-12(16-8-2)10-9-11(3)14-13(4,5)6/h12H,7-8H2,1-6H3. The van der Waals surface area contributed by atoms with Gasteiger partial charge in [-0.2, -0.15) is 0 Å². The predicted octanol–water partition coefficient (Wildman–Crippen LogP) is 2.65. The molecule has 3 heteroatoms. The molecule has 0 aromatic rings. The molecule has 0 heterocycles. The SMILES string of the molecule is CCOC(C#CC(C)=NC(C)(C)C)OCC. The third-order valence-corrected chi connectivity index (χ3v) is 1.51. The van der Waals surface area contributed by atoms with E-state index in [0.29, 0.717) is 13.2 Å². The molecular weight excluding hydrogens is 202 g/mol. The first-order chi connectivity index (χ1) is 7.39. The summed E-state index contributed by atoms with van der Waals surface area (Å²) < 4.78 is 10.6. The molecule has 0 saturated heterocycles. The van der Waals surface area contributed by atoms with Crippen molar-refractivity contribution in [1.82, 2.24) is 0 Å². The summed E-state index contributed by atoms with van der Waals surface area (Å²) in [5.74, 6) is 5.88. The van der Waals surface area contributed by atoms with Crippen LogP contribution in [0.5, 0.6) is 0 Å². The minimum atomic E-state index is -0.444. The zero-order chi connectivity index (χ0) is 12.6. The Labute approximate surface area is 99.2 Å². The Bertz CT molecular complexity index is 273. The molecule has 3 nitrogen and oxygen atoms in total. The first-order valence-electron chi connectivity index (χ1n) is 5.70. The lowest BCUT2D eigenvalue weighted by atomic mass is 10.1. The molecule has 0 aliphatic carbocycles. The normalized spacial score (nSPS) is 12.6. The fourth-order valence-electron chi connectivity index (χ4n) is 1.13. The highest BCUT2D eigenvalue weighted by atomic mass is 16.7. The van der Waals surface area contributed by atoms with Gasteiger partial charge in [0.25, 0.3) is 0 Å². The molecule has 0 aromatic carbocycles. The Morgan fingerprint density at radius 2 is 1.69 bits per heavy atom. The van der Waals surface area contributed by atoms with Gasteiger partial charge in [-0.15, -0.1) is 0 Å². The van der Waals surface area contributed by atoms with Gasteiger partial charge in [0.2, 0.25) is 6.29 Å². The number of nitrogens with zero attached hydrogens (tertiary/aromatic N) is 1. The maximum atomic E-state index is 5.31. The van der Waals surface area contributed by atoms with Crippen LogP contribution in [-0.4, -0.2) is 30.8 Å². The van der Waals surface area contributed by atoms with Crippen LogP contribution >= 0.6 is 0 Å². The van der Waals surface area contributed by atoms with E-state index in [9.17, 15) is 0 Å². The summed E-state index contributed by atoms with van der Waals surface area (Å²) in [5, 5.41) is 0. The molecule has 0 saturated carbocycles. The Morgan fingerprint density at radius 3 is 2.06 bits per heavy atom. The zero-order valence-corrected chi connectivity index (χ0v) is 11.3. The first kappa shape index (κ1) is 15.2. The van der Waals surface area contributed by atoms with Gasteiger partial charge in [0, 0.05) is 13.2 Å². The molecule has 0 atom stereocenters. The summed E-state index contributed by atoms with van der Waals surface area (Å²) in [6.07, 6.45) is -0.444. The van der Waals surface area contributed by atoms with Crippen molar-refractivity contribution in [3.8, 4) is 11.8 Å². The van der Waals surface area contributed by atoms with E-state index in [2.05, 4.69) is 16.8 Å². The van der Waals surface area contributed by atoms with Crippen molar-refractivity contribution in [1.29, 1.82) is 0 Å². The van der Waals surface area contributed by atoms with E-state index in [1.165, 1.54) is 0 Å². The van der Waals surface area contributed by atoms with Gasteiger partial charge in [0.1, 0.15) is 0 Å². The van der Waals surface area contributed by atoms with Crippen LogP contribution in [-0.2, 0) is 9.47 Å². The smallest absolute Gasteiger partial charge is 0.222 e. The molecule has 92 valence electrons. The quantitative estimate of drug-likeness (QED) is 0.418. The van der Waals surface area contributed by atoms with E-state index < -0.39 is 6.29 Å². The first-order valence-corrected chi connectivity index (χ1v) is 5.70. The maximum Gasteiger partial charge on any atom is 0.222 e. The van der Waals surface area contributed by atoms with Gasteiger partial charge in [-0.05, 0) is 53.4 Å². The molecule has 0 bridgehead atoms. The van der Waals surface area contributed by atoms with E-state index >= 15 is 0 Å². The molecule has 0 unspecified atom stereocenters. The average molecular weight is 225 g/mol. The molecule has 0 spiro atoms. The van der Waals surface area contributed by atoms with Gasteiger partial charge in [0.05, 0.1) is 11.3 Å². The molecular formula is C13H23NO2. The van der Waals surface area contributed by atoms with Gasteiger partial charge in [-0.25, -0.2) is 0 Å². The number of aliphatic imine (C=N–C) groups is 1. The summed E-state index contributed by atoms with van der Waals surface area (Å²) in [5.41, 5.74) is 0.711. The van der Waals surface area contributed by atoms with Crippen molar-refractivity contribution in [3.63, 3.8) is 0 Å². The van der Waals surface area contributed by atoms with Crippen molar-refractivity contribution >= 4 is 5.71 Å². The lowest BCUT2D eigenvalue weighted by Gasteiger charge is -2.12. The summed E-state index contributed by atoms with van der Waals surface area (Å²) in [6.45, 7) is 13.0. The van der Waals surface area contributed by atoms with Crippen LogP contribution in [0.4, 0.5) is 0 Å².